The molecule has 0 unspecified atom stereocenters. The van der Waals surface area contributed by atoms with Crippen molar-refractivity contribution >= 4 is 17.3 Å². The predicted molar refractivity (Wildman–Crippen MR) is 47.4 cm³/mol. The fraction of sp³-hybridized carbons (Fsp3) is 0.250. The maximum atomic E-state index is 11.8. The maximum absolute atomic E-state index is 11.8. The summed E-state index contributed by atoms with van der Waals surface area (Å²) in [5.41, 5.74) is 5.74. The van der Waals surface area contributed by atoms with Crippen LogP contribution in [-0.4, -0.2) is 13.0 Å². The fourth-order valence-electron chi connectivity index (χ4n) is 0.786. The third-order valence-corrected chi connectivity index (χ3v) is 1.58. The lowest BCUT2D eigenvalue weighted by Crippen LogP contribution is -2.08. The largest absolute Gasteiger partial charge is 0.485 e. The fourth-order valence-corrected chi connectivity index (χ4v) is 0.948. The summed E-state index contributed by atoms with van der Waals surface area (Å²) in [6.07, 6.45) is -2.52. The number of ether oxygens (including phenoxy) is 1. The minimum atomic E-state index is -2.52. The molecule has 0 aliphatic carbocycles. The molecule has 0 radical (unpaired) electrons. The monoisotopic (exact) mass is 207 g/mol. The molecule has 72 valence electrons. The Morgan fingerprint density at radius 2 is 2.15 bits per heavy atom. The average Bonchev–Trinajstić information content (AvgIpc) is 2.06. The van der Waals surface area contributed by atoms with E-state index in [9.17, 15) is 8.78 Å². The SMILES string of the molecule is Nc1ccc(Cl)cc1OCC(F)F. The first-order valence-corrected chi connectivity index (χ1v) is 3.93. The Morgan fingerprint density at radius 1 is 1.46 bits per heavy atom. The number of hydrogen-bond donors (Lipinski definition) is 1. The lowest BCUT2D eigenvalue weighted by molar-refractivity contribution is 0.0823. The van der Waals surface area contributed by atoms with Crippen molar-refractivity contribution < 1.29 is 13.5 Å². The van der Waals surface area contributed by atoms with Gasteiger partial charge >= 0.3 is 0 Å². The Kier molecular flexibility index (Phi) is 3.31. The topological polar surface area (TPSA) is 35.2 Å². The Labute approximate surface area is 79.2 Å². The lowest BCUT2D eigenvalue weighted by Gasteiger charge is -2.07. The van der Waals surface area contributed by atoms with Gasteiger partial charge in [-0.05, 0) is 12.1 Å². The molecule has 0 heterocycles. The first-order valence-electron chi connectivity index (χ1n) is 3.55. The first-order chi connectivity index (χ1) is 6.09. The van der Waals surface area contributed by atoms with Gasteiger partial charge in [0.25, 0.3) is 6.43 Å². The van der Waals surface area contributed by atoms with E-state index in [0.717, 1.165) is 0 Å². The number of nitrogens with two attached hydrogens (primary N) is 1. The van der Waals surface area contributed by atoms with Crippen molar-refractivity contribution in [2.75, 3.05) is 12.3 Å². The zero-order chi connectivity index (χ0) is 9.84. The maximum Gasteiger partial charge on any atom is 0.272 e. The van der Waals surface area contributed by atoms with Gasteiger partial charge in [-0.2, -0.15) is 0 Å². The number of hydrogen-bond acceptors (Lipinski definition) is 2. The first kappa shape index (κ1) is 10.1. The van der Waals surface area contributed by atoms with Crippen LogP contribution in [0.4, 0.5) is 14.5 Å². The van der Waals surface area contributed by atoms with Gasteiger partial charge in [-0.15, -0.1) is 0 Å². The van der Waals surface area contributed by atoms with Crippen LogP contribution in [0.1, 0.15) is 0 Å². The van der Waals surface area contributed by atoms with Crippen LogP contribution in [0.25, 0.3) is 0 Å². The number of alkyl halides is 2. The third kappa shape index (κ3) is 3.06. The molecule has 0 fully saturated rings. The molecular formula is C8H8ClF2NO. The molecule has 0 bridgehead atoms. The van der Waals surface area contributed by atoms with Crippen LogP contribution >= 0.6 is 11.6 Å². The van der Waals surface area contributed by atoms with Crippen LogP contribution in [0.15, 0.2) is 18.2 Å². The summed E-state index contributed by atoms with van der Waals surface area (Å²) in [5.74, 6) is 0.188. The number of anilines is 1. The van der Waals surface area contributed by atoms with Gasteiger partial charge in [0.2, 0.25) is 0 Å². The molecule has 2 N–H and O–H groups in total. The second-order valence-corrected chi connectivity index (χ2v) is 2.82. The van der Waals surface area contributed by atoms with Crippen LogP contribution in [-0.2, 0) is 0 Å². The van der Waals surface area contributed by atoms with Crippen LogP contribution < -0.4 is 10.5 Å². The average molecular weight is 208 g/mol. The van der Waals surface area contributed by atoms with E-state index in [4.69, 9.17) is 22.1 Å². The van der Waals surface area contributed by atoms with Gasteiger partial charge in [-0.25, -0.2) is 8.78 Å². The Bertz CT molecular complexity index is 293. The van der Waals surface area contributed by atoms with Crippen molar-refractivity contribution in [1.29, 1.82) is 0 Å². The Hall–Kier alpha value is -1.03. The van der Waals surface area contributed by atoms with E-state index < -0.39 is 13.0 Å². The van der Waals surface area contributed by atoms with Gasteiger partial charge in [0.1, 0.15) is 12.4 Å². The second-order valence-electron chi connectivity index (χ2n) is 2.38. The molecule has 13 heavy (non-hydrogen) atoms. The van der Waals surface area contributed by atoms with E-state index in [0.29, 0.717) is 10.7 Å². The number of benzene rings is 1. The van der Waals surface area contributed by atoms with Gasteiger partial charge in [-0.3, -0.25) is 0 Å². The number of nitrogen functional groups attached to an aromatic ring is 1. The zero-order valence-corrected chi connectivity index (χ0v) is 7.39. The molecule has 1 aromatic carbocycles. The van der Waals surface area contributed by atoms with Crippen LogP contribution in [0, 0.1) is 0 Å². The molecule has 0 saturated carbocycles. The summed E-state index contributed by atoms with van der Waals surface area (Å²) in [4.78, 5) is 0. The zero-order valence-electron chi connectivity index (χ0n) is 6.64. The molecule has 0 amide bonds. The van der Waals surface area contributed by atoms with Crippen LogP contribution in [0.5, 0.6) is 5.75 Å². The molecule has 1 aromatic rings. The molecule has 2 nitrogen and oxygen atoms in total. The van der Waals surface area contributed by atoms with Crippen molar-refractivity contribution in [3.05, 3.63) is 23.2 Å². The minimum Gasteiger partial charge on any atom is -0.485 e. The molecule has 0 aromatic heterocycles. The van der Waals surface area contributed by atoms with E-state index >= 15 is 0 Å². The van der Waals surface area contributed by atoms with E-state index in [2.05, 4.69) is 0 Å². The van der Waals surface area contributed by atoms with E-state index in [1.807, 2.05) is 0 Å². The molecule has 0 saturated heterocycles. The van der Waals surface area contributed by atoms with Crippen molar-refractivity contribution in [1.82, 2.24) is 0 Å². The highest BCUT2D eigenvalue weighted by Crippen LogP contribution is 2.25. The summed E-state index contributed by atoms with van der Waals surface area (Å²) in [5, 5.41) is 0.401. The van der Waals surface area contributed by atoms with E-state index in [1.54, 1.807) is 6.07 Å². The van der Waals surface area contributed by atoms with Crippen LogP contribution in [0.2, 0.25) is 5.02 Å². The van der Waals surface area contributed by atoms with Crippen molar-refractivity contribution in [3.8, 4) is 5.75 Å². The summed E-state index contributed by atoms with van der Waals surface area (Å²) >= 11 is 5.61. The van der Waals surface area contributed by atoms with Crippen molar-refractivity contribution in [2.24, 2.45) is 0 Å². The van der Waals surface area contributed by atoms with Gasteiger partial charge in [0.15, 0.2) is 0 Å². The van der Waals surface area contributed by atoms with Gasteiger partial charge < -0.3 is 10.5 Å². The molecule has 0 atom stereocenters. The normalized spacial score (nSPS) is 10.5. The lowest BCUT2D eigenvalue weighted by atomic mass is 10.3. The standard InChI is InChI=1S/C8H8ClF2NO/c9-5-1-2-6(12)7(3-5)13-4-8(10)11/h1-3,8H,4,12H2. The second kappa shape index (κ2) is 4.28. The highest BCUT2D eigenvalue weighted by molar-refractivity contribution is 6.30. The molecule has 0 aliphatic rings. The van der Waals surface area contributed by atoms with Gasteiger partial charge in [0, 0.05) is 11.1 Å². The number of rotatable bonds is 3. The van der Waals surface area contributed by atoms with Crippen molar-refractivity contribution in [3.63, 3.8) is 0 Å². The summed E-state index contributed by atoms with van der Waals surface area (Å²) < 4.78 is 28.2. The predicted octanol–water partition coefficient (Wildman–Crippen LogP) is 2.57. The van der Waals surface area contributed by atoms with Crippen molar-refractivity contribution in [2.45, 2.75) is 6.43 Å². The summed E-state index contributed by atoms with van der Waals surface area (Å²) in [7, 11) is 0. The molecular weight excluding hydrogens is 200 g/mol. The highest BCUT2D eigenvalue weighted by Gasteiger charge is 2.06. The molecule has 5 heteroatoms. The van der Waals surface area contributed by atoms with Gasteiger partial charge in [-0.1, -0.05) is 11.6 Å². The Balaban J connectivity index is 2.70. The summed E-state index contributed by atoms with van der Waals surface area (Å²) in [6, 6.07) is 4.47. The molecule has 0 spiro atoms. The Morgan fingerprint density at radius 3 is 2.77 bits per heavy atom. The minimum absolute atomic E-state index is 0.188. The molecule has 1 rings (SSSR count). The smallest absolute Gasteiger partial charge is 0.272 e. The van der Waals surface area contributed by atoms with Gasteiger partial charge in [0.05, 0.1) is 5.69 Å². The quantitative estimate of drug-likeness (QED) is 0.774. The van der Waals surface area contributed by atoms with E-state index in [1.165, 1.54) is 12.1 Å². The summed E-state index contributed by atoms with van der Waals surface area (Å²) in [6.45, 7) is -0.676. The third-order valence-electron chi connectivity index (χ3n) is 1.34. The van der Waals surface area contributed by atoms with E-state index in [-0.39, 0.29) is 5.75 Å². The number of halogens is 3. The molecule has 0 aliphatic heterocycles. The highest BCUT2D eigenvalue weighted by atomic mass is 35.5. The van der Waals surface area contributed by atoms with Crippen LogP contribution in [0.3, 0.4) is 0 Å².